The number of H-pyrrole nitrogens is 1. The third-order valence-corrected chi connectivity index (χ3v) is 2.03. The van der Waals surface area contributed by atoms with Crippen molar-refractivity contribution < 1.29 is 14.7 Å². The van der Waals surface area contributed by atoms with Gasteiger partial charge in [-0.2, -0.15) is 5.10 Å². The topological polar surface area (TPSA) is 121 Å². The molecule has 1 aromatic rings. The molecule has 0 atom stereocenters. The number of hydrogen-bond donors (Lipinski definition) is 4. The Morgan fingerprint density at radius 2 is 2.25 bits per heavy atom. The first-order valence-corrected chi connectivity index (χ1v) is 4.84. The van der Waals surface area contributed by atoms with Crippen LogP contribution in [-0.4, -0.2) is 33.7 Å². The standard InChI is InChI=1S/C9H14N4O3/c1-5-7(9(15)16)8(13-12-5)11-6(14)3-2-4-10/h2-4,10H2,1H3,(H,15,16)(H2,11,12,13,14). The molecule has 0 spiro atoms. The van der Waals surface area contributed by atoms with E-state index in [1.807, 2.05) is 0 Å². The summed E-state index contributed by atoms with van der Waals surface area (Å²) in [6, 6.07) is 0. The third kappa shape index (κ3) is 2.80. The predicted octanol–water partition coefficient (Wildman–Crippen LogP) is 0.0937. The Balaban J connectivity index is 2.74. The summed E-state index contributed by atoms with van der Waals surface area (Å²) in [7, 11) is 0. The zero-order valence-electron chi connectivity index (χ0n) is 8.91. The second-order valence-electron chi connectivity index (χ2n) is 3.32. The van der Waals surface area contributed by atoms with Gasteiger partial charge in [-0.25, -0.2) is 4.79 Å². The van der Waals surface area contributed by atoms with Crippen LogP contribution >= 0.6 is 0 Å². The number of rotatable bonds is 5. The first-order chi connectivity index (χ1) is 7.56. The predicted molar refractivity (Wildman–Crippen MR) is 57.2 cm³/mol. The number of carboxylic acids is 1. The number of nitrogens with two attached hydrogens (primary N) is 1. The van der Waals surface area contributed by atoms with E-state index >= 15 is 0 Å². The average Bonchev–Trinajstić information content (AvgIpc) is 2.56. The Morgan fingerprint density at radius 3 is 2.81 bits per heavy atom. The first kappa shape index (κ1) is 12.2. The van der Waals surface area contributed by atoms with E-state index in [2.05, 4.69) is 15.5 Å². The fraction of sp³-hybridized carbons (Fsp3) is 0.444. The molecule has 88 valence electrons. The minimum atomic E-state index is -1.12. The maximum atomic E-state index is 11.3. The van der Waals surface area contributed by atoms with Gasteiger partial charge >= 0.3 is 5.97 Å². The molecular formula is C9H14N4O3. The molecule has 0 unspecified atom stereocenters. The van der Waals surface area contributed by atoms with Gasteiger partial charge in [0.2, 0.25) is 5.91 Å². The molecule has 0 saturated carbocycles. The van der Waals surface area contributed by atoms with Gasteiger partial charge in [0.05, 0.1) is 0 Å². The number of aromatic amines is 1. The van der Waals surface area contributed by atoms with Crippen LogP contribution in [0.15, 0.2) is 0 Å². The summed E-state index contributed by atoms with van der Waals surface area (Å²) in [5.41, 5.74) is 5.65. The van der Waals surface area contributed by atoms with Gasteiger partial charge in [0, 0.05) is 12.1 Å². The monoisotopic (exact) mass is 226 g/mol. The summed E-state index contributed by atoms with van der Waals surface area (Å²) in [5.74, 6) is -1.37. The van der Waals surface area contributed by atoms with Gasteiger partial charge in [-0.05, 0) is 19.9 Å². The Kier molecular flexibility index (Phi) is 4.01. The number of aromatic nitrogens is 2. The molecule has 1 heterocycles. The normalized spacial score (nSPS) is 10.1. The molecular weight excluding hydrogens is 212 g/mol. The quantitative estimate of drug-likeness (QED) is 0.567. The summed E-state index contributed by atoms with van der Waals surface area (Å²) in [5, 5.41) is 17.5. The second kappa shape index (κ2) is 5.26. The molecule has 1 amide bonds. The molecule has 0 bridgehead atoms. The lowest BCUT2D eigenvalue weighted by molar-refractivity contribution is -0.116. The fourth-order valence-electron chi connectivity index (χ4n) is 1.24. The minimum absolute atomic E-state index is 0.0129. The molecule has 1 aromatic heterocycles. The summed E-state index contributed by atoms with van der Waals surface area (Å²) in [4.78, 5) is 22.2. The Bertz CT molecular complexity index is 399. The van der Waals surface area contributed by atoms with Gasteiger partial charge in [0.1, 0.15) is 5.56 Å². The number of carbonyl (C=O) groups is 2. The van der Waals surface area contributed by atoms with E-state index < -0.39 is 5.97 Å². The first-order valence-electron chi connectivity index (χ1n) is 4.84. The lowest BCUT2D eigenvalue weighted by Gasteiger charge is -2.02. The number of amides is 1. The molecule has 0 aliphatic rings. The highest BCUT2D eigenvalue weighted by Gasteiger charge is 2.18. The highest BCUT2D eigenvalue weighted by Crippen LogP contribution is 2.15. The molecule has 0 aliphatic heterocycles. The smallest absolute Gasteiger partial charge is 0.341 e. The minimum Gasteiger partial charge on any atom is -0.477 e. The van der Waals surface area contributed by atoms with Crippen molar-refractivity contribution in [2.45, 2.75) is 19.8 Å². The van der Waals surface area contributed by atoms with Gasteiger partial charge in [0.15, 0.2) is 5.82 Å². The van der Waals surface area contributed by atoms with Gasteiger partial charge in [-0.3, -0.25) is 9.89 Å². The molecule has 0 fully saturated rings. The van der Waals surface area contributed by atoms with Crippen molar-refractivity contribution in [1.29, 1.82) is 0 Å². The average molecular weight is 226 g/mol. The molecule has 1 rings (SSSR count). The molecule has 0 aromatic carbocycles. The van der Waals surface area contributed by atoms with Gasteiger partial charge < -0.3 is 16.2 Å². The summed E-state index contributed by atoms with van der Waals surface area (Å²) in [6.07, 6.45) is 0.805. The zero-order valence-corrected chi connectivity index (χ0v) is 8.91. The van der Waals surface area contributed by atoms with Crippen molar-refractivity contribution in [3.63, 3.8) is 0 Å². The van der Waals surface area contributed by atoms with Crippen molar-refractivity contribution in [2.75, 3.05) is 11.9 Å². The summed E-state index contributed by atoms with van der Waals surface area (Å²) < 4.78 is 0. The number of carboxylic acid groups (broad SMARTS) is 1. The van der Waals surface area contributed by atoms with Gasteiger partial charge in [0.25, 0.3) is 0 Å². The molecule has 0 saturated heterocycles. The van der Waals surface area contributed by atoms with Crippen LogP contribution in [0.2, 0.25) is 0 Å². The molecule has 7 nitrogen and oxygen atoms in total. The van der Waals surface area contributed by atoms with Crippen LogP contribution < -0.4 is 11.1 Å². The molecule has 0 radical (unpaired) electrons. The third-order valence-electron chi connectivity index (χ3n) is 2.03. The van der Waals surface area contributed by atoms with Crippen LogP contribution in [-0.2, 0) is 4.79 Å². The van der Waals surface area contributed by atoms with Crippen LogP contribution in [0, 0.1) is 6.92 Å². The van der Waals surface area contributed by atoms with Crippen molar-refractivity contribution in [3.05, 3.63) is 11.3 Å². The number of hydrogen-bond acceptors (Lipinski definition) is 4. The largest absolute Gasteiger partial charge is 0.477 e. The number of carbonyl (C=O) groups excluding carboxylic acids is 1. The molecule has 16 heavy (non-hydrogen) atoms. The van der Waals surface area contributed by atoms with E-state index in [1.165, 1.54) is 0 Å². The number of aryl methyl sites for hydroxylation is 1. The number of anilines is 1. The van der Waals surface area contributed by atoms with Crippen molar-refractivity contribution in [1.82, 2.24) is 10.2 Å². The van der Waals surface area contributed by atoms with Gasteiger partial charge in [-0.1, -0.05) is 0 Å². The van der Waals surface area contributed by atoms with E-state index in [4.69, 9.17) is 10.8 Å². The van der Waals surface area contributed by atoms with Crippen LogP contribution in [0.4, 0.5) is 5.82 Å². The maximum Gasteiger partial charge on any atom is 0.341 e. The molecule has 7 heteroatoms. The van der Waals surface area contributed by atoms with Crippen LogP contribution in [0.3, 0.4) is 0 Å². The van der Waals surface area contributed by atoms with E-state index in [-0.39, 0.29) is 23.7 Å². The van der Waals surface area contributed by atoms with E-state index in [0.717, 1.165) is 0 Å². The Labute approximate surface area is 92.0 Å². The highest BCUT2D eigenvalue weighted by atomic mass is 16.4. The van der Waals surface area contributed by atoms with Crippen molar-refractivity contribution >= 4 is 17.7 Å². The SMILES string of the molecule is Cc1[nH]nc(NC(=O)CCCN)c1C(=O)O. The Morgan fingerprint density at radius 1 is 1.56 bits per heavy atom. The molecule has 0 aliphatic carbocycles. The molecule has 5 N–H and O–H groups in total. The summed E-state index contributed by atoms with van der Waals surface area (Å²) in [6.45, 7) is 1.99. The van der Waals surface area contributed by atoms with Crippen LogP contribution in [0.1, 0.15) is 28.9 Å². The van der Waals surface area contributed by atoms with Crippen LogP contribution in [0.5, 0.6) is 0 Å². The second-order valence-corrected chi connectivity index (χ2v) is 3.32. The summed E-state index contributed by atoms with van der Waals surface area (Å²) >= 11 is 0. The Hall–Kier alpha value is -1.89. The lowest BCUT2D eigenvalue weighted by Crippen LogP contribution is -2.15. The van der Waals surface area contributed by atoms with E-state index in [0.29, 0.717) is 18.7 Å². The highest BCUT2D eigenvalue weighted by molar-refractivity contribution is 6.00. The van der Waals surface area contributed by atoms with Crippen molar-refractivity contribution in [2.24, 2.45) is 5.73 Å². The van der Waals surface area contributed by atoms with E-state index in [1.54, 1.807) is 6.92 Å². The van der Waals surface area contributed by atoms with Crippen molar-refractivity contribution in [3.8, 4) is 0 Å². The number of nitrogens with one attached hydrogen (secondary N) is 2. The fourth-order valence-corrected chi connectivity index (χ4v) is 1.24. The van der Waals surface area contributed by atoms with Crippen LogP contribution in [0.25, 0.3) is 0 Å². The van der Waals surface area contributed by atoms with E-state index in [9.17, 15) is 9.59 Å². The number of nitrogens with zero attached hydrogens (tertiary/aromatic N) is 1. The lowest BCUT2D eigenvalue weighted by atomic mass is 10.2. The number of aromatic carboxylic acids is 1. The zero-order chi connectivity index (χ0) is 12.1. The van der Waals surface area contributed by atoms with Gasteiger partial charge in [-0.15, -0.1) is 0 Å². The maximum absolute atomic E-state index is 11.3.